The van der Waals surface area contributed by atoms with Gasteiger partial charge in [0, 0.05) is 19.2 Å². The normalized spacial score (nSPS) is 23.5. The average Bonchev–Trinajstić information content (AvgIpc) is 2.91. The third-order valence-electron chi connectivity index (χ3n) is 4.33. The summed E-state index contributed by atoms with van der Waals surface area (Å²) in [5.41, 5.74) is 1.39. The van der Waals surface area contributed by atoms with E-state index >= 15 is 0 Å². The molecular weight excluding hydrogens is 354 g/mol. The zero-order valence-corrected chi connectivity index (χ0v) is 13.4. The number of anilines is 1. The third-order valence-corrected chi connectivity index (χ3v) is 4.92. The number of ether oxygens (including phenoxy) is 1. The maximum atomic E-state index is 11.1. The second kappa shape index (κ2) is 4.77. The number of carboxylic acid groups (broad SMARTS) is 1. The van der Waals surface area contributed by atoms with Crippen molar-refractivity contribution in [3.05, 3.63) is 16.6 Å². The molecule has 5 rings (SSSR count). The molecule has 4 heterocycles. The van der Waals surface area contributed by atoms with Gasteiger partial charge in [-0.1, -0.05) is 0 Å². The molecule has 0 aliphatic carbocycles. The van der Waals surface area contributed by atoms with Crippen molar-refractivity contribution in [3.63, 3.8) is 0 Å². The van der Waals surface area contributed by atoms with E-state index in [2.05, 4.69) is 20.9 Å². The van der Waals surface area contributed by atoms with Gasteiger partial charge in [-0.2, -0.15) is 4.98 Å². The lowest BCUT2D eigenvalue weighted by Crippen LogP contribution is -2.70. The highest BCUT2D eigenvalue weighted by Crippen LogP contribution is 2.37. The van der Waals surface area contributed by atoms with Crippen LogP contribution in [0.5, 0.6) is 5.75 Å². The molecule has 2 aromatic rings. The lowest BCUT2D eigenvalue weighted by Gasteiger charge is -2.54. The Labute approximate surface area is 134 Å². The molecule has 2 atom stereocenters. The smallest absolute Gasteiger partial charge is 0.407 e. The van der Waals surface area contributed by atoms with Crippen LogP contribution in [0, 0.1) is 0 Å². The zero-order chi connectivity index (χ0) is 15.4. The Morgan fingerprint density at radius 1 is 1.45 bits per heavy atom. The highest BCUT2D eigenvalue weighted by molar-refractivity contribution is 9.10. The molecule has 0 radical (unpaired) electrons. The van der Waals surface area contributed by atoms with E-state index in [-0.39, 0.29) is 12.1 Å². The van der Waals surface area contributed by atoms with E-state index in [4.69, 9.17) is 14.3 Å². The van der Waals surface area contributed by atoms with Crippen LogP contribution in [0.2, 0.25) is 0 Å². The van der Waals surface area contributed by atoms with Crippen molar-refractivity contribution in [2.24, 2.45) is 0 Å². The number of halogens is 1. The summed E-state index contributed by atoms with van der Waals surface area (Å²) in [6.45, 7) is 1.23. The summed E-state index contributed by atoms with van der Waals surface area (Å²) in [7, 11) is 1.60. The monoisotopic (exact) mass is 367 g/mol. The van der Waals surface area contributed by atoms with Crippen LogP contribution in [-0.2, 0) is 0 Å². The van der Waals surface area contributed by atoms with Gasteiger partial charge in [0.15, 0.2) is 5.58 Å². The molecule has 3 saturated heterocycles. The van der Waals surface area contributed by atoms with Crippen molar-refractivity contribution < 1.29 is 19.1 Å². The minimum Gasteiger partial charge on any atom is -0.497 e. The number of rotatable bonds is 2. The predicted octanol–water partition coefficient (Wildman–Crippen LogP) is 2.54. The van der Waals surface area contributed by atoms with Gasteiger partial charge in [0.1, 0.15) is 11.3 Å². The molecule has 8 heteroatoms. The summed E-state index contributed by atoms with van der Waals surface area (Å²) >= 11 is 3.46. The van der Waals surface area contributed by atoms with E-state index in [1.54, 1.807) is 7.11 Å². The number of piperidine rings is 1. The maximum absolute atomic E-state index is 11.1. The minimum atomic E-state index is -0.842. The molecule has 1 amide bonds. The molecule has 2 bridgehead atoms. The van der Waals surface area contributed by atoms with Gasteiger partial charge < -0.3 is 19.2 Å². The van der Waals surface area contributed by atoms with E-state index < -0.39 is 6.09 Å². The first-order chi connectivity index (χ1) is 10.6. The first-order valence-corrected chi connectivity index (χ1v) is 7.76. The van der Waals surface area contributed by atoms with Gasteiger partial charge in [-0.25, -0.2) is 4.79 Å². The first kappa shape index (κ1) is 13.7. The quantitative estimate of drug-likeness (QED) is 0.878. The topological polar surface area (TPSA) is 79.0 Å². The Hall–Kier alpha value is -1.96. The highest BCUT2D eigenvalue weighted by Gasteiger charge is 2.48. The van der Waals surface area contributed by atoms with Gasteiger partial charge in [-0.3, -0.25) is 4.90 Å². The lowest BCUT2D eigenvalue weighted by atomic mass is 9.88. The molecule has 0 spiro atoms. The van der Waals surface area contributed by atoms with Crippen LogP contribution >= 0.6 is 15.9 Å². The number of hydrogen-bond acceptors (Lipinski definition) is 5. The van der Waals surface area contributed by atoms with Crippen molar-refractivity contribution in [2.75, 3.05) is 25.1 Å². The number of carbonyl (C=O) groups is 1. The SMILES string of the molecule is COc1cc(Br)c2oc(N3CC4CC(C3)N4C(=O)O)nc2c1. The molecule has 3 fully saturated rings. The van der Waals surface area contributed by atoms with Gasteiger partial charge in [0.25, 0.3) is 6.01 Å². The summed E-state index contributed by atoms with van der Waals surface area (Å²) in [5.74, 6) is 0.706. The first-order valence-electron chi connectivity index (χ1n) is 6.97. The molecule has 7 nitrogen and oxygen atoms in total. The molecule has 1 N–H and O–H groups in total. The van der Waals surface area contributed by atoms with E-state index in [9.17, 15) is 4.79 Å². The van der Waals surface area contributed by atoms with Crippen LogP contribution in [0.4, 0.5) is 10.8 Å². The van der Waals surface area contributed by atoms with Crippen LogP contribution in [0.15, 0.2) is 21.0 Å². The van der Waals surface area contributed by atoms with Gasteiger partial charge >= 0.3 is 6.09 Å². The summed E-state index contributed by atoms with van der Waals surface area (Å²) in [4.78, 5) is 19.2. The summed E-state index contributed by atoms with van der Waals surface area (Å²) in [5, 5.41) is 9.15. The van der Waals surface area contributed by atoms with Gasteiger partial charge in [0.05, 0.1) is 23.7 Å². The molecule has 3 aliphatic rings. The molecular formula is C14H14BrN3O4. The largest absolute Gasteiger partial charge is 0.497 e. The Balaban J connectivity index is 1.63. The minimum absolute atomic E-state index is 0.0317. The van der Waals surface area contributed by atoms with E-state index in [0.717, 1.165) is 16.4 Å². The standard InChI is InChI=1S/C14H14BrN3O4/c1-21-9-3-10(15)12-11(4-9)16-13(22-12)17-5-7-2-8(6-17)18(7)14(19)20/h3-4,7-8H,2,5-6H2,1H3,(H,19,20). The number of oxazole rings is 1. The molecule has 1 aromatic heterocycles. The third kappa shape index (κ3) is 1.93. The number of nitrogens with zero attached hydrogens (tertiary/aromatic N) is 3. The van der Waals surface area contributed by atoms with Gasteiger partial charge in [0.2, 0.25) is 0 Å². The van der Waals surface area contributed by atoms with Crippen LogP contribution in [0.1, 0.15) is 6.42 Å². The summed E-state index contributed by atoms with van der Waals surface area (Å²) in [6, 6.07) is 4.25. The molecule has 3 aliphatic heterocycles. The lowest BCUT2D eigenvalue weighted by molar-refractivity contribution is 0.0101. The van der Waals surface area contributed by atoms with Gasteiger partial charge in [-0.05, 0) is 28.4 Å². The summed E-state index contributed by atoms with van der Waals surface area (Å²) < 4.78 is 11.9. The van der Waals surface area contributed by atoms with E-state index in [1.807, 2.05) is 17.0 Å². The van der Waals surface area contributed by atoms with Gasteiger partial charge in [-0.15, -0.1) is 0 Å². The van der Waals surface area contributed by atoms with Crippen LogP contribution in [0.25, 0.3) is 11.1 Å². The predicted molar refractivity (Wildman–Crippen MR) is 82.5 cm³/mol. The molecule has 22 heavy (non-hydrogen) atoms. The van der Waals surface area contributed by atoms with Crippen molar-refractivity contribution in [1.29, 1.82) is 0 Å². The fraction of sp³-hybridized carbons (Fsp3) is 0.429. The number of fused-ring (bicyclic) bond motifs is 3. The Kier molecular flexibility index (Phi) is 2.97. The van der Waals surface area contributed by atoms with Crippen molar-refractivity contribution in [1.82, 2.24) is 9.88 Å². The fourth-order valence-electron chi connectivity index (χ4n) is 3.29. The number of hydrogen-bond donors (Lipinski definition) is 1. The molecule has 116 valence electrons. The fourth-order valence-corrected chi connectivity index (χ4v) is 3.80. The van der Waals surface area contributed by atoms with Crippen LogP contribution in [-0.4, -0.2) is 53.4 Å². The molecule has 0 saturated carbocycles. The van der Waals surface area contributed by atoms with Crippen molar-refractivity contribution in [3.8, 4) is 5.75 Å². The van der Waals surface area contributed by atoms with Crippen molar-refractivity contribution >= 4 is 39.1 Å². The number of amides is 1. The number of piperazine rings is 1. The zero-order valence-electron chi connectivity index (χ0n) is 11.8. The van der Waals surface area contributed by atoms with Crippen LogP contribution < -0.4 is 9.64 Å². The number of aromatic nitrogens is 1. The number of methoxy groups -OCH3 is 1. The Morgan fingerprint density at radius 3 is 2.82 bits per heavy atom. The van der Waals surface area contributed by atoms with Crippen molar-refractivity contribution in [2.45, 2.75) is 18.5 Å². The molecule has 1 aromatic carbocycles. The number of benzene rings is 1. The van der Waals surface area contributed by atoms with E-state index in [0.29, 0.717) is 30.4 Å². The second-order valence-electron chi connectivity index (χ2n) is 5.59. The highest BCUT2D eigenvalue weighted by atomic mass is 79.9. The summed E-state index contributed by atoms with van der Waals surface area (Å²) in [6.07, 6.45) is 0.0755. The Bertz CT molecular complexity index is 750. The molecule has 2 unspecified atom stereocenters. The maximum Gasteiger partial charge on any atom is 0.407 e. The Morgan fingerprint density at radius 2 is 2.18 bits per heavy atom. The van der Waals surface area contributed by atoms with Crippen LogP contribution in [0.3, 0.4) is 0 Å². The van der Waals surface area contributed by atoms with E-state index in [1.165, 1.54) is 4.90 Å². The average molecular weight is 368 g/mol. The second-order valence-corrected chi connectivity index (χ2v) is 6.45.